The Kier molecular flexibility index (Phi) is 5.06. The molecule has 2 aliphatic heterocycles. The van der Waals surface area contributed by atoms with Crippen molar-refractivity contribution in [3.63, 3.8) is 0 Å². The third-order valence-corrected chi connectivity index (χ3v) is 6.47. The predicted molar refractivity (Wildman–Crippen MR) is 93.5 cm³/mol. The lowest BCUT2D eigenvalue weighted by molar-refractivity contribution is -0.117. The normalized spacial score (nSPS) is 34.0. The smallest absolute Gasteiger partial charge is 0.351 e. The molecule has 9 nitrogen and oxygen atoms in total. The van der Waals surface area contributed by atoms with Crippen molar-refractivity contribution in [2.75, 3.05) is 19.5 Å². The van der Waals surface area contributed by atoms with Crippen molar-refractivity contribution in [1.29, 1.82) is 0 Å². The van der Waals surface area contributed by atoms with Crippen LogP contribution in [0.15, 0.2) is 11.0 Å². The number of nitrogens with zero attached hydrogens (tertiary/aromatic N) is 2. The maximum absolute atomic E-state index is 12.3. The lowest BCUT2D eigenvalue weighted by atomic mass is 9.87. The largest absolute Gasteiger partial charge is 0.383 e. The first-order valence-electron chi connectivity index (χ1n) is 7.94. The summed E-state index contributed by atoms with van der Waals surface area (Å²) in [7, 11) is 1.29. The van der Waals surface area contributed by atoms with Crippen LogP contribution in [0, 0.1) is 6.92 Å². The second-order valence-electron chi connectivity index (χ2n) is 6.19. The van der Waals surface area contributed by atoms with Crippen molar-refractivity contribution in [2.24, 2.45) is 0 Å². The van der Waals surface area contributed by atoms with Crippen LogP contribution in [-0.2, 0) is 30.3 Å². The number of nitrogen functional groups attached to an aromatic ring is 1. The van der Waals surface area contributed by atoms with E-state index in [4.69, 9.17) is 36.1 Å². The molecule has 1 aromatic rings. The maximum atomic E-state index is 12.3. The molecule has 2 bridgehead atoms. The van der Waals surface area contributed by atoms with Gasteiger partial charge in [0.2, 0.25) is 0 Å². The predicted octanol–water partition coefficient (Wildman–Crippen LogP) is 0.849. The number of ether oxygens (including phenoxy) is 2. The number of aryl methyl sites for hydroxylation is 1. The molecule has 2 unspecified atom stereocenters. The minimum atomic E-state index is -3.43. The number of nitrogens with two attached hydrogens (primary N) is 1. The van der Waals surface area contributed by atoms with Crippen LogP contribution in [0.2, 0.25) is 0 Å². The summed E-state index contributed by atoms with van der Waals surface area (Å²) < 4.78 is 24.0. The fourth-order valence-corrected chi connectivity index (χ4v) is 4.31. The zero-order valence-electron chi connectivity index (χ0n) is 14.2. The van der Waals surface area contributed by atoms with Crippen molar-refractivity contribution in [1.82, 2.24) is 9.55 Å². The van der Waals surface area contributed by atoms with E-state index < -0.39 is 36.4 Å². The molecular weight excluding hydrogens is 369 g/mol. The molecule has 2 fully saturated rings. The summed E-state index contributed by atoms with van der Waals surface area (Å²) in [6.45, 7) is 0.722. The maximum Gasteiger partial charge on any atom is 0.351 e. The van der Waals surface area contributed by atoms with Crippen LogP contribution in [0.5, 0.6) is 0 Å². The first kappa shape index (κ1) is 18.9. The van der Waals surface area contributed by atoms with Gasteiger partial charge in [0.05, 0.1) is 6.61 Å². The molecule has 2 aliphatic rings. The molecule has 3 heterocycles. The van der Waals surface area contributed by atoms with Crippen LogP contribution in [0.1, 0.15) is 31.6 Å². The molecule has 0 aromatic carbocycles. The number of hydrogen-bond donors (Lipinski definition) is 2. The van der Waals surface area contributed by atoms with Crippen molar-refractivity contribution in [3.8, 4) is 0 Å². The first-order valence-corrected chi connectivity index (χ1v) is 10.5. The lowest BCUT2D eigenvalue weighted by Gasteiger charge is -2.38. The summed E-state index contributed by atoms with van der Waals surface area (Å²) in [5.41, 5.74) is 5.08. The Morgan fingerprint density at radius 3 is 3.00 bits per heavy atom. The number of aromatic nitrogens is 2. The average Bonchev–Trinajstić information content (AvgIpc) is 2.73. The van der Waals surface area contributed by atoms with Gasteiger partial charge < -0.3 is 24.6 Å². The highest BCUT2D eigenvalue weighted by Crippen LogP contribution is 2.54. The summed E-state index contributed by atoms with van der Waals surface area (Å²) in [5.74, 6) is 0.173. The van der Waals surface area contributed by atoms with Gasteiger partial charge in [-0.05, 0) is 25.2 Å². The van der Waals surface area contributed by atoms with Gasteiger partial charge in [0.15, 0.2) is 6.23 Å². The van der Waals surface area contributed by atoms with E-state index in [1.54, 1.807) is 13.1 Å². The standard InChI is InChI=1S/C14H22N3O6PS/c1-4-14-5-6-21-9(10(14)23-24(19,25)20-3)12(22-14)17-7-8(2)11(15)16-13(17)18/h7,9-10,12H,4-6H2,1-3H3,(H,19,25)(H2,15,16,18)/t9-,10?,12+,14-,24?/m0/s1. The molecule has 3 rings (SSSR count). The third kappa shape index (κ3) is 3.28. The van der Waals surface area contributed by atoms with E-state index in [0.29, 0.717) is 25.0 Å². The van der Waals surface area contributed by atoms with Crippen LogP contribution < -0.4 is 11.4 Å². The summed E-state index contributed by atoms with van der Waals surface area (Å²) in [5, 5.41) is 0. The Bertz CT molecular complexity index is 773. The SMILES string of the molecule is CC[C@]12CCO[C@@H](C1OP(O)(=S)OC)[C@H](n1cc(C)c(N)nc1=O)O2. The van der Waals surface area contributed by atoms with E-state index >= 15 is 0 Å². The second kappa shape index (κ2) is 6.70. The molecule has 0 amide bonds. The molecule has 11 heteroatoms. The molecular formula is C14H22N3O6PS. The van der Waals surface area contributed by atoms with E-state index in [9.17, 15) is 9.69 Å². The Morgan fingerprint density at radius 2 is 2.36 bits per heavy atom. The van der Waals surface area contributed by atoms with Gasteiger partial charge in [0.25, 0.3) is 0 Å². The highest BCUT2D eigenvalue weighted by Gasteiger charge is 2.60. The monoisotopic (exact) mass is 391 g/mol. The van der Waals surface area contributed by atoms with E-state index in [0.717, 1.165) is 0 Å². The quantitative estimate of drug-likeness (QED) is 0.704. The van der Waals surface area contributed by atoms with Gasteiger partial charge in [-0.2, -0.15) is 4.98 Å². The summed E-state index contributed by atoms with van der Waals surface area (Å²) in [6, 6.07) is 0. The molecule has 0 aliphatic carbocycles. The third-order valence-electron chi connectivity index (χ3n) is 4.81. The molecule has 0 spiro atoms. The minimum Gasteiger partial charge on any atom is -0.383 e. The van der Waals surface area contributed by atoms with Gasteiger partial charge >= 0.3 is 12.4 Å². The van der Waals surface area contributed by atoms with Gasteiger partial charge in [-0.1, -0.05) is 6.92 Å². The molecule has 25 heavy (non-hydrogen) atoms. The topological polar surface area (TPSA) is 118 Å². The Morgan fingerprint density at radius 1 is 1.64 bits per heavy atom. The highest BCUT2D eigenvalue weighted by atomic mass is 32.5. The zero-order valence-corrected chi connectivity index (χ0v) is 16.0. The highest BCUT2D eigenvalue weighted by molar-refractivity contribution is 8.07. The van der Waals surface area contributed by atoms with Gasteiger partial charge in [-0.25, -0.2) is 4.79 Å². The molecule has 5 atom stereocenters. The fraction of sp³-hybridized carbons (Fsp3) is 0.714. The van der Waals surface area contributed by atoms with Crippen LogP contribution in [0.3, 0.4) is 0 Å². The molecule has 1 aromatic heterocycles. The van der Waals surface area contributed by atoms with Crippen molar-refractivity contribution in [2.45, 2.75) is 50.7 Å². The molecule has 3 N–H and O–H groups in total. The van der Waals surface area contributed by atoms with E-state index in [2.05, 4.69) is 4.98 Å². The second-order valence-corrected chi connectivity index (χ2v) is 9.09. The molecule has 0 radical (unpaired) electrons. The van der Waals surface area contributed by atoms with Crippen LogP contribution in [0.25, 0.3) is 0 Å². The molecule has 0 saturated carbocycles. The first-order chi connectivity index (χ1) is 11.7. The number of rotatable bonds is 5. The van der Waals surface area contributed by atoms with Crippen LogP contribution in [-0.4, -0.2) is 46.0 Å². The minimum absolute atomic E-state index is 0.173. The van der Waals surface area contributed by atoms with Crippen molar-refractivity contribution in [3.05, 3.63) is 22.2 Å². The summed E-state index contributed by atoms with van der Waals surface area (Å²) in [6.07, 6.45) is 0.710. The number of hydrogen-bond acceptors (Lipinski definition) is 8. The van der Waals surface area contributed by atoms with Crippen molar-refractivity contribution >= 4 is 24.3 Å². The van der Waals surface area contributed by atoms with Crippen LogP contribution >= 0.6 is 6.72 Å². The van der Waals surface area contributed by atoms with E-state index in [-0.39, 0.29) is 5.82 Å². The van der Waals surface area contributed by atoms with Gasteiger partial charge in [0.1, 0.15) is 23.6 Å². The zero-order chi connectivity index (χ0) is 18.4. The van der Waals surface area contributed by atoms with Crippen molar-refractivity contribution < 1.29 is 23.4 Å². The Labute approximate surface area is 150 Å². The average molecular weight is 391 g/mol. The number of anilines is 1. The Balaban J connectivity index is 2.02. The van der Waals surface area contributed by atoms with Gasteiger partial charge in [0, 0.05) is 25.3 Å². The molecule has 140 valence electrons. The van der Waals surface area contributed by atoms with Gasteiger partial charge in [-0.3, -0.25) is 9.09 Å². The lowest BCUT2D eigenvalue weighted by Crippen LogP contribution is -2.49. The Hall–Kier alpha value is -0.870. The summed E-state index contributed by atoms with van der Waals surface area (Å²) >= 11 is 4.99. The number of fused-ring (bicyclic) bond motifs is 2. The van der Waals surface area contributed by atoms with E-state index in [1.807, 2.05) is 6.92 Å². The van der Waals surface area contributed by atoms with Gasteiger partial charge in [-0.15, -0.1) is 0 Å². The van der Waals surface area contributed by atoms with E-state index in [1.165, 1.54) is 11.7 Å². The van der Waals surface area contributed by atoms with Crippen LogP contribution in [0.4, 0.5) is 5.82 Å². The fourth-order valence-electron chi connectivity index (χ4n) is 3.34. The molecule has 2 saturated heterocycles. The summed E-state index contributed by atoms with van der Waals surface area (Å²) in [4.78, 5) is 26.2.